The highest BCUT2D eigenvalue weighted by atomic mass is 32.2. The van der Waals surface area contributed by atoms with Crippen molar-refractivity contribution in [2.75, 3.05) is 32.8 Å². The normalized spacial score (nSPS) is 19.2. The number of sulfone groups is 1. The predicted molar refractivity (Wildman–Crippen MR) is 84.7 cm³/mol. The van der Waals surface area contributed by atoms with Crippen LogP contribution in [0.2, 0.25) is 0 Å². The Bertz CT molecular complexity index is 685. The summed E-state index contributed by atoms with van der Waals surface area (Å²) in [5.74, 6) is 0.866. The molecule has 1 amide bonds. The van der Waals surface area contributed by atoms with Crippen molar-refractivity contribution in [3.05, 3.63) is 17.7 Å². The van der Waals surface area contributed by atoms with Crippen LogP contribution in [0, 0.1) is 5.92 Å². The monoisotopic (exact) mass is 343 g/mol. The molecule has 1 aromatic rings. The Balaban J connectivity index is 2.09. The molecule has 1 atom stereocenters. The van der Waals surface area contributed by atoms with Crippen LogP contribution in [0.15, 0.2) is 12.1 Å². The maximum atomic E-state index is 12.1. The molecule has 1 heterocycles. The lowest BCUT2D eigenvalue weighted by Crippen LogP contribution is -2.31. The molecule has 1 saturated heterocycles. The van der Waals surface area contributed by atoms with E-state index in [1.807, 2.05) is 0 Å². The SMILES string of the molecule is COc1cc(OC)c(OC)cc1CNC(=O)C1CCS(=O)(=O)C1. The van der Waals surface area contributed by atoms with Crippen molar-refractivity contribution >= 4 is 15.7 Å². The van der Waals surface area contributed by atoms with Crippen LogP contribution in [-0.2, 0) is 21.2 Å². The Hall–Kier alpha value is -1.96. The van der Waals surface area contributed by atoms with E-state index in [1.54, 1.807) is 12.1 Å². The molecule has 0 aromatic heterocycles. The fraction of sp³-hybridized carbons (Fsp3) is 0.533. The van der Waals surface area contributed by atoms with E-state index in [1.165, 1.54) is 21.3 Å². The average molecular weight is 343 g/mol. The van der Waals surface area contributed by atoms with Gasteiger partial charge in [0.05, 0.1) is 38.8 Å². The van der Waals surface area contributed by atoms with Gasteiger partial charge in [0.2, 0.25) is 5.91 Å². The molecule has 0 spiro atoms. The number of methoxy groups -OCH3 is 3. The Morgan fingerprint density at radius 2 is 1.74 bits per heavy atom. The van der Waals surface area contributed by atoms with Gasteiger partial charge < -0.3 is 19.5 Å². The van der Waals surface area contributed by atoms with Gasteiger partial charge in [-0.3, -0.25) is 4.79 Å². The van der Waals surface area contributed by atoms with Gasteiger partial charge in [0.1, 0.15) is 5.75 Å². The molecule has 1 unspecified atom stereocenters. The Morgan fingerprint density at radius 1 is 1.13 bits per heavy atom. The first-order valence-electron chi connectivity index (χ1n) is 7.17. The van der Waals surface area contributed by atoms with E-state index in [4.69, 9.17) is 14.2 Å². The molecule has 8 heteroatoms. The molecule has 0 aliphatic carbocycles. The van der Waals surface area contributed by atoms with Crippen molar-refractivity contribution in [1.82, 2.24) is 5.32 Å². The smallest absolute Gasteiger partial charge is 0.224 e. The van der Waals surface area contributed by atoms with Gasteiger partial charge >= 0.3 is 0 Å². The lowest BCUT2D eigenvalue weighted by atomic mass is 10.1. The average Bonchev–Trinajstić information content (AvgIpc) is 2.91. The van der Waals surface area contributed by atoms with Gasteiger partial charge in [-0.25, -0.2) is 8.42 Å². The van der Waals surface area contributed by atoms with Crippen LogP contribution in [-0.4, -0.2) is 47.2 Å². The van der Waals surface area contributed by atoms with E-state index in [0.29, 0.717) is 23.7 Å². The highest BCUT2D eigenvalue weighted by Crippen LogP contribution is 2.34. The Kier molecular flexibility index (Phi) is 5.35. The van der Waals surface area contributed by atoms with Gasteiger partial charge in [-0.2, -0.15) is 0 Å². The molecule has 1 N–H and O–H groups in total. The maximum absolute atomic E-state index is 12.1. The molecule has 0 saturated carbocycles. The second-order valence-corrected chi connectivity index (χ2v) is 7.57. The van der Waals surface area contributed by atoms with Gasteiger partial charge in [0.25, 0.3) is 0 Å². The van der Waals surface area contributed by atoms with Gasteiger partial charge in [-0.05, 0) is 12.5 Å². The van der Waals surface area contributed by atoms with Gasteiger partial charge in [0.15, 0.2) is 21.3 Å². The molecule has 1 aliphatic heterocycles. The topological polar surface area (TPSA) is 90.9 Å². The van der Waals surface area contributed by atoms with Crippen molar-refractivity contribution in [2.24, 2.45) is 5.92 Å². The van der Waals surface area contributed by atoms with E-state index in [9.17, 15) is 13.2 Å². The van der Waals surface area contributed by atoms with E-state index in [0.717, 1.165) is 5.56 Å². The molecule has 128 valence electrons. The summed E-state index contributed by atoms with van der Waals surface area (Å²) >= 11 is 0. The first kappa shape index (κ1) is 17.4. The summed E-state index contributed by atoms with van der Waals surface area (Å²) in [4.78, 5) is 12.1. The summed E-state index contributed by atoms with van der Waals surface area (Å²) in [7, 11) is 1.50. The molecule has 1 aliphatic rings. The number of carbonyl (C=O) groups excluding carboxylic acids is 1. The van der Waals surface area contributed by atoms with Crippen LogP contribution < -0.4 is 19.5 Å². The van der Waals surface area contributed by atoms with Crippen molar-refractivity contribution in [2.45, 2.75) is 13.0 Å². The number of hydrogen-bond donors (Lipinski definition) is 1. The Morgan fingerprint density at radius 3 is 2.26 bits per heavy atom. The summed E-state index contributed by atoms with van der Waals surface area (Å²) in [5, 5.41) is 2.76. The summed E-state index contributed by atoms with van der Waals surface area (Å²) in [5.41, 5.74) is 0.722. The third-order valence-electron chi connectivity index (χ3n) is 3.84. The third kappa shape index (κ3) is 4.07. The molecule has 1 fully saturated rings. The molecule has 23 heavy (non-hydrogen) atoms. The Labute approximate surface area is 135 Å². The van der Waals surface area contributed by atoms with Crippen LogP contribution in [0.4, 0.5) is 0 Å². The van der Waals surface area contributed by atoms with Crippen LogP contribution in [0.5, 0.6) is 17.2 Å². The first-order chi connectivity index (χ1) is 10.9. The molecular weight excluding hydrogens is 322 g/mol. The number of hydrogen-bond acceptors (Lipinski definition) is 6. The zero-order valence-corrected chi connectivity index (χ0v) is 14.2. The van der Waals surface area contributed by atoms with E-state index in [-0.39, 0.29) is 24.0 Å². The van der Waals surface area contributed by atoms with Crippen molar-refractivity contribution < 1.29 is 27.4 Å². The highest BCUT2D eigenvalue weighted by molar-refractivity contribution is 7.91. The summed E-state index contributed by atoms with van der Waals surface area (Å²) < 4.78 is 38.6. The summed E-state index contributed by atoms with van der Waals surface area (Å²) in [6, 6.07) is 3.41. The van der Waals surface area contributed by atoms with Gasteiger partial charge in [0, 0.05) is 18.2 Å². The van der Waals surface area contributed by atoms with E-state index >= 15 is 0 Å². The second-order valence-electron chi connectivity index (χ2n) is 5.34. The summed E-state index contributed by atoms with van der Waals surface area (Å²) in [6.07, 6.45) is 0.372. The number of amides is 1. The van der Waals surface area contributed by atoms with Gasteiger partial charge in [-0.1, -0.05) is 0 Å². The van der Waals surface area contributed by atoms with Crippen LogP contribution in [0.3, 0.4) is 0 Å². The fourth-order valence-corrected chi connectivity index (χ4v) is 4.30. The lowest BCUT2D eigenvalue weighted by Gasteiger charge is -2.15. The van der Waals surface area contributed by atoms with Gasteiger partial charge in [-0.15, -0.1) is 0 Å². The molecule has 1 aromatic carbocycles. The molecule has 0 radical (unpaired) electrons. The minimum absolute atomic E-state index is 0.0742. The number of ether oxygens (including phenoxy) is 3. The zero-order chi connectivity index (χ0) is 17.0. The quantitative estimate of drug-likeness (QED) is 0.820. The standard InChI is InChI=1S/C15H21NO6S/c1-20-12-7-14(22-3)13(21-2)6-11(12)8-16-15(17)10-4-5-23(18,19)9-10/h6-7,10H,4-5,8-9H2,1-3H3,(H,16,17). The summed E-state index contributed by atoms with van der Waals surface area (Å²) in [6.45, 7) is 0.221. The zero-order valence-electron chi connectivity index (χ0n) is 13.4. The van der Waals surface area contributed by atoms with Crippen molar-refractivity contribution in [3.8, 4) is 17.2 Å². The first-order valence-corrected chi connectivity index (χ1v) is 8.99. The fourth-order valence-electron chi connectivity index (χ4n) is 2.56. The van der Waals surface area contributed by atoms with Crippen LogP contribution >= 0.6 is 0 Å². The maximum Gasteiger partial charge on any atom is 0.224 e. The second kappa shape index (κ2) is 7.08. The molecule has 2 rings (SSSR count). The predicted octanol–water partition coefficient (Wildman–Crippen LogP) is 0.763. The van der Waals surface area contributed by atoms with E-state index in [2.05, 4.69) is 5.32 Å². The highest BCUT2D eigenvalue weighted by Gasteiger charge is 2.32. The molecular formula is C15H21NO6S. The van der Waals surface area contributed by atoms with Crippen molar-refractivity contribution in [1.29, 1.82) is 0 Å². The van der Waals surface area contributed by atoms with E-state index < -0.39 is 15.8 Å². The van der Waals surface area contributed by atoms with Crippen molar-refractivity contribution in [3.63, 3.8) is 0 Å². The number of rotatable bonds is 6. The minimum Gasteiger partial charge on any atom is -0.496 e. The largest absolute Gasteiger partial charge is 0.496 e. The van der Waals surface area contributed by atoms with Crippen LogP contribution in [0.1, 0.15) is 12.0 Å². The lowest BCUT2D eigenvalue weighted by molar-refractivity contribution is -0.124. The molecule has 0 bridgehead atoms. The third-order valence-corrected chi connectivity index (χ3v) is 5.61. The molecule has 7 nitrogen and oxygen atoms in total. The van der Waals surface area contributed by atoms with Crippen LogP contribution in [0.25, 0.3) is 0 Å². The number of nitrogens with one attached hydrogen (secondary N) is 1. The number of carbonyl (C=O) groups is 1. The minimum atomic E-state index is -3.08. The number of benzene rings is 1.